The third-order valence-electron chi connectivity index (χ3n) is 11.7. The summed E-state index contributed by atoms with van der Waals surface area (Å²) in [4.78, 5) is 12.9. The van der Waals surface area contributed by atoms with Crippen LogP contribution in [0.3, 0.4) is 0 Å². The maximum absolute atomic E-state index is 12.9. The summed E-state index contributed by atoms with van der Waals surface area (Å²) in [6.45, 7) is 12.5. The number of carbonyl (C=O) groups excluding carboxylic acids is 1. The Kier molecular flexibility index (Phi) is 8.35. The van der Waals surface area contributed by atoms with Crippen LogP contribution < -0.4 is 0 Å². The van der Waals surface area contributed by atoms with Gasteiger partial charge in [-0.15, -0.1) is 0 Å². The SMILES string of the molecule is CC(C)CCC[C@H](C)[C@@H]1CC[C@@H]2[C@H]3CC=C4C[C@@H](OC(=O)c5ccc(Cl)cc5Cl)CC[C@]4(C)[C@@H]3CC[C@]21C. The van der Waals surface area contributed by atoms with E-state index < -0.39 is 0 Å². The van der Waals surface area contributed by atoms with Crippen LogP contribution in [0.25, 0.3) is 0 Å². The molecule has 0 bridgehead atoms. The van der Waals surface area contributed by atoms with Crippen LogP contribution in [0.1, 0.15) is 116 Å². The maximum atomic E-state index is 12.9. The van der Waals surface area contributed by atoms with Gasteiger partial charge in [0.25, 0.3) is 0 Å². The number of fused-ring (bicyclic) bond motifs is 5. The van der Waals surface area contributed by atoms with Crippen molar-refractivity contribution >= 4 is 29.2 Å². The zero-order valence-corrected chi connectivity index (χ0v) is 25.7. The average molecular weight is 560 g/mol. The smallest absolute Gasteiger partial charge is 0.339 e. The zero-order chi connectivity index (χ0) is 27.2. The lowest BCUT2D eigenvalue weighted by Crippen LogP contribution is -2.51. The van der Waals surface area contributed by atoms with Crippen molar-refractivity contribution in [2.75, 3.05) is 0 Å². The molecule has 0 saturated heterocycles. The quantitative estimate of drug-likeness (QED) is 0.245. The van der Waals surface area contributed by atoms with Gasteiger partial charge in [0.1, 0.15) is 6.10 Å². The Hall–Kier alpha value is -0.990. The summed E-state index contributed by atoms with van der Waals surface area (Å²) in [6.07, 6.45) is 16.4. The summed E-state index contributed by atoms with van der Waals surface area (Å²) in [5.41, 5.74) is 2.73. The van der Waals surface area contributed by atoms with Crippen molar-refractivity contribution < 1.29 is 9.53 Å². The van der Waals surface area contributed by atoms with Crippen molar-refractivity contribution in [3.63, 3.8) is 0 Å². The molecule has 8 atom stereocenters. The lowest BCUT2D eigenvalue weighted by molar-refractivity contribution is -0.0594. The van der Waals surface area contributed by atoms with Crippen molar-refractivity contribution in [2.24, 2.45) is 46.3 Å². The van der Waals surface area contributed by atoms with E-state index in [2.05, 4.69) is 40.7 Å². The zero-order valence-electron chi connectivity index (χ0n) is 24.2. The Morgan fingerprint density at radius 2 is 1.82 bits per heavy atom. The van der Waals surface area contributed by atoms with E-state index in [1.54, 1.807) is 23.8 Å². The van der Waals surface area contributed by atoms with Gasteiger partial charge in [-0.3, -0.25) is 0 Å². The molecule has 0 aromatic heterocycles. The van der Waals surface area contributed by atoms with E-state index in [0.717, 1.165) is 54.8 Å². The molecule has 210 valence electrons. The van der Waals surface area contributed by atoms with E-state index in [1.165, 1.54) is 51.4 Å². The van der Waals surface area contributed by atoms with Gasteiger partial charge in [-0.25, -0.2) is 4.79 Å². The lowest BCUT2D eigenvalue weighted by Gasteiger charge is -2.58. The van der Waals surface area contributed by atoms with Gasteiger partial charge >= 0.3 is 5.97 Å². The fraction of sp³-hybridized carbons (Fsp3) is 0.735. The molecule has 0 spiro atoms. The van der Waals surface area contributed by atoms with Gasteiger partial charge in [0, 0.05) is 11.4 Å². The topological polar surface area (TPSA) is 26.3 Å². The van der Waals surface area contributed by atoms with Crippen molar-refractivity contribution in [3.8, 4) is 0 Å². The number of ether oxygens (including phenoxy) is 1. The predicted octanol–water partition coefficient (Wildman–Crippen LogP) is 10.6. The Morgan fingerprint density at radius 1 is 1.03 bits per heavy atom. The minimum Gasteiger partial charge on any atom is -0.458 e. The molecule has 0 radical (unpaired) electrons. The molecule has 4 aliphatic carbocycles. The van der Waals surface area contributed by atoms with Crippen LogP contribution in [-0.4, -0.2) is 12.1 Å². The molecule has 1 aromatic rings. The van der Waals surface area contributed by atoms with Gasteiger partial charge in [0.05, 0.1) is 10.6 Å². The molecule has 3 fully saturated rings. The minimum atomic E-state index is -0.331. The molecule has 0 aliphatic heterocycles. The number of allylic oxidation sites excluding steroid dienone is 1. The molecular weight excluding hydrogens is 511 g/mol. The van der Waals surface area contributed by atoms with E-state index in [0.29, 0.717) is 21.0 Å². The molecule has 0 amide bonds. The van der Waals surface area contributed by atoms with Gasteiger partial charge in [0.2, 0.25) is 0 Å². The molecule has 3 saturated carbocycles. The highest BCUT2D eigenvalue weighted by Gasteiger charge is 2.59. The van der Waals surface area contributed by atoms with Crippen LogP contribution in [0.5, 0.6) is 0 Å². The standard InChI is InChI=1S/C34H48Cl2O2/c1-21(2)7-6-8-22(3)28-13-14-29-26-11-9-23-19-25(38-32(37)27-12-10-24(35)20-31(27)36)15-17-33(23,4)30(26)16-18-34(28,29)5/h9-10,12,20-22,25-26,28-30H,6-8,11,13-19H2,1-5H3/t22-,25-,26+,28-,29+,30+,33-,34-/m0/s1. The van der Waals surface area contributed by atoms with Crippen molar-refractivity contribution in [3.05, 3.63) is 45.5 Å². The summed E-state index contributed by atoms with van der Waals surface area (Å²) >= 11 is 12.3. The van der Waals surface area contributed by atoms with Gasteiger partial charge in [-0.05, 0) is 109 Å². The lowest BCUT2D eigenvalue weighted by atomic mass is 9.47. The number of carbonyl (C=O) groups is 1. The summed E-state index contributed by atoms with van der Waals surface area (Å²) in [6, 6.07) is 4.98. The van der Waals surface area contributed by atoms with Crippen LogP contribution in [0.15, 0.2) is 29.8 Å². The molecule has 4 aliphatic rings. The Morgan fingerprint density at radius 3 is 2.55 bits per heavy atom. The first-order chi connectivity index (χ1) is 18.0. The third-order valence-corrected chi connectivity index (χ3v) is 12.2. The van der Waals surface area contributed by atoms with Gasteiger partial charge in [-0.1, -0.05) is 88.7 Å². The molecule has 5 rings (SSSR count). The largest absolute Gasteiger partial charge is 0.458 e. The van der Waals surface area contributed by atoms with E-state index in [9.17, 15) is 4.79 Å². The Bertz CT molecular complexity index is 1060. The first kappa shape index (κ1) is 28.5. The van der Waals surface area contributed by atoms with E-state index in [4.69, 9.17) is 27.9 Å². The van der Waals surface area contributed by atoms with Crippen LogP contribution in [0, 0.1) is 46.3 Å². The Balaban J connectivity index is 1.25. The van der Waals surface area contributed by atoms with E-state index >= 15 is 0 Å². The second kappa shape index (κ2) is 11.1. The van der Waals surface area contributed by atoms with Crippen molar-refractivity contribution in [1.82, 2.24) is 0 Å². The fourth-order valence-electron chi connectivity index (χ4n) is 9.62. The molecule has 4 heteroatoms. The average Bonchev–Trinajstić information content (AvgIpc) is 3.21. The van der Waals surface area contributed by atoms with Gasteiger partial charge < -0.3 is 4.74 Å². The van der Waals surface area contributed by atoms with Crippen molar-refractivity contribution in [1.29, 1.82) is 0 Å². The summed E-state index contributed by atoms with van der Waals surface area (Å²) in [5.74, 6) is 4.71. The first-order valence-electron chi connectivity index (χ1n) is 15.4. The van der Waals surface area contributed by atoms with E-state index in [-0.39, 0.29) is 17.5 Å². The number of hydrogen-bond acceptors (Lipinski definition) is 2. The van der Waals surface area contributed by atoms with Crippen LogP contribution >= 0.6 is 23.2 Å². The number of hydrogen-bond donors (Lipinski definition) is 0. The predicted molar refractivity (Wildman–Crippen MR) is 159 cm³/mol. The number of halogens is 2. The van der Waals surface area contributed by atoms with Crippen LogP contribution in [0.2, 0.25) is 10.0 Å². The highest BCUT2D eigenvalue weighted by Crippen LogP contribution is 2.67. The van der Waals surface area contributed by atoms with Crippen molar-refractivity contribution in [2.45, 2.75) is 111 Å². The second-order valence-electron chi connectivity index (χ2n) is 14.2. The maximum Gasteiger partial charge on any atom is 0.339 e. The number of benzene rings is 1. The number of esters is 1. The third kappa shape index (κ3) is 5.23. The molecular formula is C34H48Cl2O2. The fourth-order valence-corrected chi connectivity index (χ4v) is 10.1. The second-order valence-corrected chi connectivity index (χ2v) is 15.0. The summed E-state index contributed by atoms with van der Waals surface area (Å²) in [5, 5.41) is 0.886. The van der Waals surface area contributed by atoms with Crippen LogP contribution in [-0.2, 0) is 4.74 Å². The first-order valence-corrected chi connectivity index (χ1v) is 16.1. The summed E-state index contributed by atoms with van der Waals surface area (Å²) in [7, 11) is 0. The molecule has 0 unspecified atom stereocenters. The molecule has 38 heavy (non-hydrogen) atoms. The number of rotatable bonds is 7. The highest BCUT2D eigenvalue weighted by atomic mass is 35.5. The monoisotopic (exact) mass is 558 g/mol. The molecule has 1 aromatic carbocycles. The van der Waals surface area contributed by atoms with Crippen LogP contribution in [0.4, 0.5) is 0 Å². The van der Waals surface area contributed by atoms with Gasteiger partial charge in [0.15, 0.2) is 0 Å². The van der Waals surface area contributed by atoms with Gasteiger partial charge in [-0.2, -0.15) is 0 Å². The molecule has 2 nitrogen and oxygen atoms in total. The summed E-state index contributed by atoms with van der Waals surface area (Å²) < 4.78 is 5.99. The van der Waals surface area contributed by atoms with E-state index in [1.807, 2.05) is 0 Å². The highest BCUT2D eigenvalue weighted by molar-refractivity contribution is 6.36. The Labute approximate surface area is 241 Å². The minimum absolute atomic E-state index is 0.0680. The molecule has 0 heterocycles. The molecule has 0 N–H and O–H groups in total. The normalized spacial score (nSPS) is 37.2.